The van der Waals surface area contributed by atoms with Crippen molar-refractivity contribution in [3.05, 3.63) is 115 Å². The molecule has 5 rings (SSSR count). The van der Waals surface area contributed by atoms with Gasteiger partial charge < -0.3 is 29.9 Å². The molecule has 0 amide bonds. The average molecular weight is 709 g/mol. The van der Waals surface area contributed by atoms with Gasteiger partial charge in [0.1, 0.15) is 23.0 Å². The van der Waals surface area contributed by atoms with E-state index in [1.807, 2.05) is 48.5 Å². The zero-order valence-corrected chi connectivity index (χ0v) is 33.5. The van der Waals surface area contributed by atoms with Gasteiger partial charge in [-0.25, -0.2) is 0 Å². The molecule has 4 aromatic carbocycles. The van der Waals surface area contributed by atoms with Crippen LogP contribution in [0.3, 0.4) is 0 Å². The molecule has 4 aromatic rings. The van der Waals surface area contributed by atoms with Crippen molar-refractivity contribution in [1.29, 1.82) is 0 Å². The first-order chi connectivity index (χ1) is 23.9. The minimum absolute atomic E-state index is 0.127. The van der Waals surface area contributed by atoms with Crippen LogP contribution in [-0.2, 0) is 70.4 Å². The zero-order chi connectivity index (χ0) is 38.6. The predicted octanol–water partition coefficient (Wildman–Crippen LogP) is 10.6. The Kier molecular flexibility index (Phi) is 10.6. The fraction of sp³-hybridized carbons (Fsp3) is 0.478. The van der Waals surface area contributed by atoms with Gasteiger partial charge in [0.15, 0.2) is 0 Å². The molecule has 0 radical (unpaired) electrons. The van der Waals surface area contributed by atoms with E-state index in [9.17, 15) is 20.4 Å². The van der Waals surface area contributed by atoms with Crippen molar-refractivity contribution in [2.45, 2.75) is 144 Å². The quantitative estimate of drug-likeness (QED) is 0.145. The SMILES string of the molecule is CC(C)(C)c1cc2c(O)c(c1)Cc1cc(C(C)(C)C)cc(c1O)COCc1cc(C(C)(C)C)cc(c1O)Cc1cc(C(C)(C)C)cc(c1O)COC2. The van der Waals surface area contributed by atoms with Crippen molar-refractivity contribution in [3.8, 4) is 23.0 Å². The summed E-state index contributed by atoms with van der Waals surface area (Å²) in [6.07, 6.45) is 0.613. The van der Waals surface area contributed by atoms with E-state index in [0.29, 0.717) is 57.3 Å². The van der Waals surface area contributed by atoms with Crippen LogP contribution in [-0.4, -0.2) is 20.4 Å². The minimum Gasteiger partial charge on any atom is -0.507 e. The summed E-state index contributed by atoms with van der Waals surface area (Å²) in [6, 6.07) is 16.1. The highest BCUT2D eigenvalue weighted by atomic mass is 16.5. The van der Waals surface area contributed by atoms with Crippen molar-refractivity contribution in [1.82, 2.24) is 0 Å². The van der Waals surface area contributed by atoms with Gasteiger partial charge in [-0.2, -0.15) is 0 Å². The Balaban J connectivity index is 1.72. The first-order valence-corrected chi connectivity index (χ1v) is 18.5. The minimum atomic E-state index is -0.207. The summed E-state index contributed by atoms with van der Waals surface area (Å²) < 4.78 is 12.6. The van der Waals surface area contributed by atoms with Gasteiger partial charge in [0.25, 0.3) is 0 Å². The van der Waals surface area contributed by atoms with Gasteiger partial charge in [-0.1, -0.05) is 107 Å². The second-order valence-corrected chi connectivity index (χ2v) is 18.9. The maximum absolute atomic E-state index is 11.7. The zero-order valence-electron chi connectivity index (χ0n) is 33.5. The fourth-order valence-electron chi connectivity index (χ4n) is 6.70. The normalized spacial score (nSPS) is 15.0. The molecule has 1 aliphatic rings. The number of hydrogen-bond donors (Lipinski definition) is 4. The first-order valence-electron chi connectivity index (χ1n) is 18.5. The molecule has 0 unspecified atom stereocenters. The Bertz CT molecular complexity index is 1680. The van der Waals surface area contributed by atoms with Gasteiger partial charge in [0, 0.05) is 35.1 Å². The Labute approximate surface area is 311 Å². The number of ether oxygens (including phenoxy) is 2. The van der Waals surface area contributed by atoms with Gasteiger partial charge in [-0.15, -0.1) is 0 Å². The standard InChI is InChI=1S/C46H60O6/c1-43(2,3)35-15-27-13-28-16-36(44(4,5)6)21-33(40(28)48)25-52-26-34-22-38(46(10,11)12)18-30(42(34)50)14-29-17-37(45(7,8)9)20-32(41(29)49)24-51-23-31(19-35)39(27)47/h15-22,47-50H,13-14,23-26H2,1-12H3. The van der Waals surface area contributed by atoms with Crippen molar-refractivity contribution < 1.29 is 29.9 Å². The van der Waals surface area contributed by atoms with Crippen LogP contribution in [0.4, 0.5) is 0 Å². The molecule has 8 bridgehead atoms. The van der Waals surface area contributed by atoms with E-state index in [-0.39, 0.29) is 71.1 Å². The topological polar surface area (TPSA) is 99.4 Å². The molecular formula is C46H60O6. The molecule has 4 N–H and O–H groups in total. The number of benzene rings is 4. The highest BCUT2D eigenvalue weighted by molar-refractivity contribution is 5.54. The van der Waals surface area contributed by atoms with Crippen LogP contribution in [0, 0.1) is 0 Å². The van der Waals surface area contributed by atoms with Crippen LogP contribution in [0.5, 0.6) is 23.0 Å². The molecular weight excluding hydrogens is 649 g/mol. The van der Waals surface area contributed by atoms with Crippen molar-refractivity contribution in [2.24, 2.45) is 0 Å². The highest BCUT2D eigenvalue weighted by Gasteiger charge is 2.26. The Morgan fingerprint density at radius 3 is 0.673 bits per heavy atom. The summed E-state index contributed by atoms with van der Waals surface area (Å²) in [5.74, 6) is 0.547. The summed E-state index contributed by atoms with van der Waals surface area (Å²) in [6.45, 7) is 26.2. The van der Waals surface area contributed by atoms with Gasteiger partial charge in [0.05, 0.1) is 26.4 Å². The third kappa shape index (κ3) is 8.61. The first kappa shape index (κ1) is 39.2. The number of fused-ring (bicyclic) bond motifs is 8. The summed E-state index contributed by atoms with van der Waals surface area (Å²) in [5.41, 5.74) is 8.75. The molecule has 6 nitrogen and oxygen atoms in total. The van der Waals surface area contributed by atoms with E-state index in [4.69, 9.17) is 9.47 Å². The summed E-state index contributed by atoms with van der Waals surface area (Å²) >= 11 is 0. The van der Waals surface area contributed by atoms with Gasteiger partial charge in [0.2, 0.25) is 0 Å². The van der Waals surface area contributed by atoms with Crippen molar-refractivity contribution in [2.75, 3.05) is 0 Å². The monoisotopic (exact) mass is 708 g/mol. The number of rotatable bonds is 0. The van der Waals surface area contributed by atoms with E-state index in [2.05, 4.69) is 83.1 Å². The lowest BCUT2D eigenvalue weighted by Gasteiger charge is -2.25. The molecule has 6 heteroatoms. The van der Waals surface area contributed by atoms with Crippen LogP contribution < -0.4 is 0 Å². The van der Waals surface area contributed by atoms with Gasteiger partial charge in [-0.3, -0.25) is 0 Å². The Hall–Kier alpha value is -4.00. The molecule has 0 spiro atoms. The van der Waals surface area contributed by atoms with Crippen molar-refractivity contribution in [3.63, 3.8) is 0 Å². The maximum atomic E-state index is 11.7. The lowest BCUT2D eigenvalue weighted by molar-refractivity contribution is 0.103. The van der Waals surface area contributed by atoms with Crippen LogP contribution in [0.1, 0.15) is 150 Å². The van der Waals surface area contributed by atoms with E-state index in [1.165, 1.54) is 0 Å². The van der Waals surface area contributed by atoms with Crippen LogP contribution in [0.25, 0.3) is 0 Å². The van der Waals surface area contributed by atoms with E-state index < -0.39 is 0 Å². The third-order valence-electron chi connectivity index (χ3n) is 10.3. The Morgan fingerprint density at radius 1 is 0.327 bits per heavy atom. The molecule has 0 aromatic heterocycles. The second kappa shape index (κ2) is 14.1. The smallest absolute Gasteiger partial charge is 0.124 e. The van der Waals surface area contributed by atoms with E-state index in [0.717, 1.165) is 22.3 Å². The third-order valence-corrected chi connectivity index (χ3v) is 10.3. The fourth-order valence-corrected chi connectivity index (χ4v) is 6.70. The lowest BCUT2D eigenvalue weighted by atomic mass is 9.82. The van der Waals surface area contributed by atoms with Crippen LogP contribution in [0.2, 0.25) is 0 Å². The number of phenolic OH excluding ortho intramolecular Hbond substituents is 4. The predicted molar refractivity (Wildman–Crippen MR) is 210 cm³/mol. The summed E-state index contributed by atoms with van der Waals surface area (Å²) in [5, 5.41) is 46.9. The molecule has 0 saturated heterocycles. The lowest BCUT2D eigenvalue weighted by Crippen LogP contribution is -2.15. The molecule has 0 saturated carbocycles. The number of phenols is 4. The van der Waals surface area contributed by atoms with Crippen LogP contribution >= 0.6 is 0 Å². The number of aromatic hydroxyl groups is 4. The molecule has 1 heterocycles. The van der Waals surface area contributed by atoms with E-state index >= 15 is 0 Å². The van der Waals surface area contributed by atoms with E-state index in [1.54, 1.807) is 0 Å². The molecule has 0 fully saturated rings. The second-order valence-electron chi connectivity index (χ2n) is 18.9. The molecule has 0 atom stereocenters. The van der Waals surface area contributed by atoms with Crippen molar-refractivity contribution >= 4 is 0 Å². The largest absolute Gasteiger partial charge is 0.507 e. The molecule has 52 heavy (non-hydrogen) atoms. The molecule has 1 aliphatic heterocycles. The maximum Gasteiger partial charge on any atom is 0.124 e. The average Bonchev–Trinajstić information content (AvgIpc) is 3.01. The molecule has 0 aliphatic carbocycles. The summed E-state index contributed by atoms with van der Waals surface area (Å²) in [4.78, 5) is 0. The van der Waals surface area contributed by atoms with Crippen LogP contribution in [0.15, 0.2) is 48.5 Å². The number of hydrogen-bond acceptors (Lipinski definition) is 6. The highest BCUT2D eigenvalue weighted by Crippen LogP contribution is 2.40. The summed E-state index contributed by atoms with van der Waals surface area (Å²) in [7, 11) is 0. The van der Waals surface area contributed by atoms with Gasteiger partial charge in [-0.05, 0) is 90.4 Å². The Morgan fingerprint density at radius 2 is 0.500 bits per heavy atom. The molecule has 280 valence electrons. The van der Waals surface area contributed by atoms with Gasteiger partial charge >= 0.3 is 0 Å².